The fourth-order valence-electron chi connectivity index (χ4n) is 2.28. The van der Waals surface area contributed by atoms with Crippen LogP contribution in [0.1, 0.15) is 27.2 Å². The van der Waals surface area contributed by atoms with Gasteiger partial charge in [0.05, 0.1) is 25.8 Å². The maximum Gasteiger partial charge on any atom is 0.328 e. The number of carboxylic acid groups (broad SMARTS) is 1. The van der Waals surface area contributed by atoms with Gasteiger partial charge in [-0.25, -0.2) is 4.79 Å². The van der Waals surface area contributed by atoms with Crippen LogP contribution in [0.4, 0.5) is 0 Å². The van der Waals surface area contributed by atoms with Gasteiger partial charge in [0.15, 0.2) is 6.04 Å². The number of nitrogens with two attached hydrogens (primary N) is 1. The molecule has 0 aliphatic rings. The second-order valence-corrected chi connectivity index (χ2v) is 6.72. The van der Waals surface area contributed by atoms with Crippen molar-refractivity contribution in [3.05, 3.63) is 0 Å². The Bertz CT molecular complexity index is 627. The third kappa shape index (κ3) is 9.15. The summed E-state index contributed by atoms with van der Waals surface area (Å²) in [7, 11) is 0. The lowest BCUT2D eigenvalue weighted by Gasteiger charge is -2.27. The van der Waals surface area contributed by atoms with Crippen LogP contribution in [0.15, 0.2) is 0 Å². The van der Waals surface area contributed by atoms with Crippen LogP contribution in [0.3, 0.4) is 0 Å². The standard InChI is InChI=1S/C17H31N5O8/c1-4-8(2)13(16(28)22-14(9(3)24)17(29)30)21-15(27)10(7-23)20-12(26)6-19-11(25)5-18/h8-10,13-14,23-24H,4-7,18H2,1-3H3,(H,19,25)(H,20,26)(H,21,27)(H,22,28)(H,29,30)/t8-,9+,10-,13-,14-/m0/s1. The second kappa shape index (κ2) is 13.5. The molecule has 9 N–H and O–H groups in total. The van der Waals surface area contributed by atoms with E-state index in [0.29, 0.717) is 6.42 Å². The number of amides is 4. The first-order chi connectivity index (χ1) is 14.0. The Balaban J connectivity index is 5.18. The minimum atomic E-state index is -1.58. The van der Waals surface area contributed by atoms with E-state index in [4.69, 9.17) is 10.8 Å². The lowest BCUT2D eigenvalue weighted by atomic mass is 9.97. The van der Waals surface area contributed by atoms with Crippen LogP contribution >= 0.6 is 0 Å². The highest BCUT2D eigenvalue weighted by Crippen LogP contribution is 2.09. The van der Waals surface area contributed by atoms with Gasteiger partial charge < -0.3 is 42.3 Å². The Morgan fingerprint density at radius 1 is 0.933 bits per heavy atom. The zero-order chi connectivity index (χ0) is 23.4. The number of aliphatic carboxylic acids is 1. The second-order valence-electron chi connectivity index (χ2n) is 6.72. The summed E-state index contributed by atoms with van der Waals surface area (Å²) in [6.45, 7) is 2.99. The molecule has 0 aliphatic carbocycles. The SMILES string of the molecule is CC[C@H](C)[C@H](NC(=O)[C@H](CO)NC(=O)CNC(=O)CN)C(=O)N[C@H](C(=O)O)[C@@H](C)O. The third-order valence-corrected chi connectivity index (χ3v) is 4.31. The number of carboxylic acids is 1. The zero-order valence-electron chi connectivity index (χ0n) is 17.2. The maximum absolute atomic E-state index is 12.5. The molecule has 0 aliphatic heterocycles. The Morgan fingerprint density at radius 2 is 1.50 bits per heavy atom. The number of nitrogens with one attached hydrogen (secondary N) is 4. The minimum Gasteiger partial charge on any atom is -0.480 e. The lowest BCUT2D eigenvalue weighted by molar-refractivity contribution is -0.145. The highest BCUT2D eigenvalue weighted by atomic mass is 16.4. The summed E-state index contributed by atoms with van der Waals surface area (Å²) in [4.78, 5) is 59.1. The Hall–Kier alpha value is -2.77. The van der Waals surface area contributed by atoms with Crippen molar-refractivity contribution in [3.8, 4) is 0 Å². The van der Waals surface area contributed by atoms with Crippen molar-refractivity contribution in [2.75, 3.05) is 19.7 Å². The molecule has 0 saturated carbocycles. The number of carbonyl (C=O) groups excluding carboxylic acids is 4. The quantitative estimate of drug-likeness (QED) is 0.142. The van der Waals surface area contributed by atoms with Crippen LogP contribution < -0.4 is 27.0 Å². The lowest BCUT2D eigenvalue weighted by Crippen LogP contribution is -2.60. The normalized spacial score (nSPS) is 15.7. The number of aliphatic hydroxyl groups is 2. The van der Waals surface area contributed by atoms with Crippen LogP contribution in [-0.4, -0.2) is 88.8 Å². The van der Waals surface area contributed by atoms with Crippen molar-refractivity contribution in [2.45, 2.75) is 51.4 Å². The van der Waals surface area contributed by atoms with Crippen LogP contribution in [0.2, 0.25) is 0 Å². The van der Waals surface area contributed by atoms with Gasteiger partial charge >= 0.3 is 5.97 Å². The Labute approximate surface area is 173 Å². The van der Waals surface area contributed by atoms with Crippen molar-refractivity contribution in [1.29, 1.82) is 0 Å². The van der Waals surface area contributed by atoms with E-state index in [-0.39, 0.29) is 6.54 Å². The molecule has 30 heavy (non-hydrogen) atoms. The van der Waals surface area contributed by atoms with E-state index in [1.165, 1.54) is 6.92 Å². The van der Waals surface area contributed by atoms with E-state index < -0.39 is 72.9 Å². The molecular formula is C17H31N5O8. The minimum absolute atomic E-state index is 0.327. The summed E-state index contributed by atoms with van der Waals surface area (Å²) in [5, 5.41) is 37.0. The predicted molar refractivity (Wildman–Crippen MR) is 104 cm³/mol. The topological polar surface area (TPSA) is 220 Å². The molecule has 5 atom stereocenters. The summed E-state index contributed by atoms with van der Waals surface area (Å²) >= 11 is 0. The summed E-state index contributed by atoms with van der Waals surface area (Å²) in [5.41, 5.74) is 5.09. The monoisotopic (exact) mass is 433 g/mol. The van der Waals surface area contributed by atoms with E-state index in [2.05, 4.69) is 21.3 Å². The molecule has 0 rings (SSSR count). The first kappa shape index (κ1) is 27.2. The van der Waals surface area contributed by atoms with Crippen LogP contribution in [0.25, 0.3) is 0 Å². The summed E-state index contributed by atoms with van der Waals surface area (Å²) in [6, 6.07) is -4.19. The molecule has 172 valence electrons. The van der Waals surface area contributed by atoms with Crippen molar-refractivity contribution < 1.29 is 39.3 Å². The molecule has 13 nitrogen and oxygen atoms in total. The molecule has 0 spiro atoms. The Kier molecular flexibility index (Phi) is 12.2. The summed E-state index contributed by atoms with van der Waals surface area (Å²) in [5.74, 6) is -4.97. The van der Waals surface area contributed by atoms with Crippen molar-refractivity contribution in [1.82, 2.24) is 21.3 Å². The van der Waals surface area contributed by atoms with Gasteiger partial charge in [-0.3, -0.25) is 19.2 Å². The Morgan fingerprint density at radius 3 is 1.93 bits per heavy atom. The number of rotatable bonds is 13. The van der Waals surface area contributed by atoms with Gasteiger partial charge in [0.25, 0.3) is 0 Å². The largest absolute Gasteiger partial charge is 0.480 e. The van der Waals surface area contributed by atoms with Gasteiger partial charge in [0.2, 0.25) is 23.6 Å². The van der Waals surface area contributed by atoms with Gasteiger partial charge in [-0.05, 0) is 12.8 Å². The summed E-state index contributed by atoms with van der Waals surface area (Å²) in [6.07, 6.45) is -0.945. The fraction of sp³-hybridized carbons (Fsp3) is 0.706. The van der Waals surface area contributed by atoms with E-state index in [1.807, 2.05) is 0 Å². The van der Waals surface area contributed by atoms with Crippen LogP contribution in [0.5, 0.6) is 0 Å². The van der Waals surface area contributed by atoms with Gasteiger partial charge in [-0.15, -0.1) is 0 Å². The molecule has 0 aromatic rings. The number of aliphatic hydroxyl groups excluding tert-OH is 2. The van der Waals surface area contributed by atoms with E-state index in [9.17, 15) is 34.2 Å². The van der Waals surface area contributed by atoms with Gasteiger partial charge in [-0.2, -0.15) is 0 Å². The third-order valence-electron chi connectivity index (χ3n) is 4.31. The molecule has 0 fully saturated rings. The van der Waals surface area contributed by atoms with Crippen LogP contribution in [0, 0.1) is 5.92 Å². The number of carbonyl (C=O) groups is 5. The predicted octanol–water partition coefficient (Wildman–Crippen LogP) is -3.98. The van der Waals surface area contributed by atoms with E-state index in [1.54, 1.807) is 13.8 Å². The first-order valence-corrected chi connectivity index (χ1v) is 9.36. The van der Waals surface area contributed by atoms with Crippen molar-refractivity contribution in [3.63, 3.8) is 0 Å². The molecular weight excluding hydrogens is 402 g/mol. The smallest absolute Gasteiger partial charge is 0.328 e. The average Bonchev–Trinajstić information content (AvgIpc) is 2.70. The molecule has 0 bridgehead atoms. The summed E-state index contributed by atoms with van der Waals surface area (Å²) < 4.78 is 0. The zero-order valence-corrected chi connectivity index (χ0v) is 17.2. The molecule has 0 aromatic carbocycles. The molecule has 4 amide bonds. The fourth-order valence-corrected chi connectivity index (χ4v) is 2.28. The van der Waals surface area contributed by atoms with Crippen molar-refractivity contribution in [2.24, 2.45) is 11.7 Å². The molecule has 0 aromatic heterocycles. The highest BCUT2D eigenvalue weighted by Gasteiger charge is 2.33. The van der Waals surface area contributed by atoms with Crippen molar-refractivity contribution >= 4 is 29.6 Å². The first-order valence-electron chi connectivity index (χ1n) is 9.36. The van der Waals surface area contributed by atoms with Crippen LogP contribution in [-0.2, 0) is 24.0 Å². The molecule has 0 unspecified atom stereocenters. The highest BCUT2D eigenvalue weighted by molar-refractivity contribution is 5.94. The van der Waals surface area contributed by atoms with Gasteiger partial charge in [0, 0.05) is 0 Å². The molecule has 0 radical (unpaired) electrons. The van der Waals surface area contributed by atoms with Gasteiger partial charge in [0.1, 0.15) is 12.1 Å². The molecule has 0 saturated heterocycles. The number of hydrogen-bond acceptors (Lipinski definition) is 8. The van der Waals surface area contributed by atoms with E-state index >= 15 is 0 Å². The average molecular weight is 433 g/mol. The van der Waals surface area contributed by atoms with Gasteiger partial charge in [-0.1, -0.05) is 20.3 Å². The molecule has 13 heteroatoms. The molecule has 0 heterocycles. The maximum atomic E-state index is 12.5. The van der Waals surface area contributed by atoms with E-state index in [0.717, 1.165) is 0 Å². The number of hydrogen-bond donors (Lipinski definition) is 8.